The van der Waals surface area contributed by atoms with Crippen molar-refractivity contribution in [3.05, 3.63) is 101 Å². The highest BCUT2D eigenvalue weighted by Crippen LogP contribution is 2.33. The molecule has 1 aliphatic rings. The van der Waals surface area contributed by atoms with Gasteiger partial charge in [-0.05, 0) is 41.0 Å². The lowest BCUT2D eigenvalue weighted by molar-refractivity contribution is -0.138. The number of nitrogens with zero attached hydrogens (tertiary/aromatic N) is 2. The van der Waals surface area contributed by atoms with Gasteiger partial charge >= 0.3 is 0 Å². The molecule has 1 aliphatic heterocycles. The van der Waals surface area contributed by atoms with Crippen LogP contribution in [0.1, 0.15) is 16.7 Å². The molecular weight excluding hydrogens is 416 g/mol. The smallest absolute Gasteiger partial charge is 0.278 e. The first kappa shape index (κ1) is 22.1. The largest absolute Gasteiger partial charge is 0.497 e. The fraction of sp³-hybridized carbons (Fsp3) is 0.185. The number of benzene rings is 3. The van der Waals surface area contributed by atoms with E-state index in [0.717, 1.165) is 16.9 Å². The summed E-state index contributed by atoms with van der Waals surface area (Å²) in [6, 6.07) is 24.4. The van der Waals surface area contributed by atoms with Gasteiger partial charge in [0.2, 0.25) is 0 Å². The molecule has 33 heavy (non-hydrogen) atoms. The van der Waals surface area contributed by atoms with Crippen molar-refractivity contribution in [3.63, 3.8) is 0 Å². The summed E-state index contributed by atoms with van der Waals surface area (Å²) < 4.78 is 10.5. The molecule has 0 saturated carbocycles. The van der Waals surface area contributed by atoms with Crippen LogP contribution in [0.3, 0.4) is 0 Å². The molecule has 6 heteroatoms. The van der Waals surface area contributed by atoms with Crippen molar-refractivity contribution in [2.24, 2.45) is 0 Å². The molecule has 4 rings (SSSR count). The van der Waals surface area contributed by atoms with Crippen molar-refractivity contribution in [2.75, 3.05) is 21.3 Å². The highest BCUT2D eigenvalue weighted by Gasteiger charge is 2.40. The number of ether oxygens (including phenoxy) is 2. The monoisotopic (exact) mass is 442 g/mol. The number of carbonyl (C=O) groups excluding carboxylic acids is 2. The fourth-order valence-corrected chi connectivity index (χ4v) is 3.93. The molecule has 0 unspecified atom stereocenters. The zero-order chi connectivity index (χ0) is 23.4. The summed E-state index contributed by atoms with van der Waals surface area (Å²) in [7, 11) is 5.03. The number of carbonyl (C=O) groups is 2. The van der Waals surface area contributed by atoms with Crippen molar-refractivity contribution in [3.8, 4) is 11.5 Å². The Labute approximate surface area is 193 Å². The Hall–Kier alpha value is -4.06. The van der Waals surface area contributed by atoms with Gasteiger partial charge in [0.1, 0.15) is 17.2 Å². The summed E-state index contributed by atoms with van der Waals surface area (Å²) in [5, 5.41) is 0. The predicted molar refractivity (Wildman–Crippen MR) is 126 cm³/mol. The Morgan fingerprint density at radius 3 is 1.88 bits per heavy atom. The Morgan fingerprint density at radius 1 is 0.727 bits per heavy atom. The molecule has 0 fully saturated rings. The minimum Gasteiger partial charge on any atom is -0.497 e. The second-order valence-corrected chi connectivity index (χ2v) is 7.84. The maximum absolute atomic E-state index is 13.5. The van der Waals surface area contributed by atoms with Gasteiger partial charge in [-0.2, -0.15) is 0 Å². The molecule has 0 aromatic heterocycles. The lowest BCUT2D eigenvalue weighted by Crippen LogP contribution is -2.33. The molecule has 0 spiro atoms. The highest BCUT2D eigenvalue weighted by molar-refractivity contribution is 6.35. The first-order chi connectivity index (χ1) is 16.0. The van der Waals surface area contributed by atoms with Crippen LogP contribution in [0.15, 0.2) is 84.6 Å². The summed E-state index contributed by atoms with van der Waals surface area (Å²) in [5.74, 6) is 0.791. The zero-order valence-corrected chi connectivity index (χ0v) is 18.9. The van der Waals surface area contributed by atoms with Gasteiger partial charge in [0.15, 0.2) is 0 Å². The van der Waals surface area contributed by atoms with E-state index in [-0.39, 0.29) is 18.4 Å². The maximum atomic E-state index is 13.5. The molecular formula is C27H26N2O4. The van der Waals surface area contributed by atoms with Gasteiger partial charge in [-0.25, -0.2) is 0 Å². The maximum Gasteiger partial charge on any atom is 0.278 e. The third kappa shape index (κ3) is 4.60. The minimum absolute atomic E-state index is 0.185. The molecule has 0 saturated heterocycles. The molecule has 6 nitrogen and oxygen atoms in total. The predicted octanol–water partition coefficient (Wildman–Crippen LogP) is 4.12. The van der Waals surface area contributed by atoms with Gasteiger partial charge in [0.05, 0.1) is 26.3 Å². The van der Waals surface area contributed by atoms with E-state index in [1.165, 1.54) is 4.90 Å². The number of likely N-dealkylation sites (N-methyl/N-ethyl adjacent to an activating group) is 1. The fourth-order valence-electron chi connectivity index (χ4n) is 3.93. The van der Waals surface area contributed by atoms with Gasteiger partial charge in [-0.15, -0.1) is 0 Å². The average Bonchev–Trinajstić information content (AvgIpc) is 3.10. The van der Waals surface area contributed by atoms with E-state index in [4.69, 9.17) is 9.47 Å². The van der Waals surface area contributed by atoms with E-state index in [1.807, 2.05) is 78.7 Å². The topological polar surface area (TPSA) is 59.1 Å². The first-order valence-corrected chi connectivity index (χ1v) is 10.6. The van der Waals surface area contributed by atoms with Crippen molar-refractivity contribution >= 4 is 17.4 Å². The van der Waals surface area contributed by atoms with Crippen LogP contribution in [0, 0.1) is 0 Å². The van der Waals surface area contributed by atoms with E-state index in [1.54, 1.807) is 26.4 Å². The third-order valence-corrected chi connectivity index (χ3v) is 5.67. The molecule has 168 valence electrons. The first-order valence-electron chi connectivity index (χ1n) is 10.6. The van der Waals surface area contributed by atoms with Crippen LogP contribution in [-0.2, 0) is 22.7 Å². The van der Waals surface area contributed by atoms with E-state index in [2.05, 4.69) is 0 Å². The molecule has 3 aromatic carbocycles. The number of hydrogen-bond acceptors (Lipinski definition) is 5. The molecule has 3 aromatic rings. The second-order valence-electron chi connectivity index (χ2n) is 7.84. The number of methoxy groups -OCH3 is 2. The summed E-state index contributed by atoms with van der Waals surface area (Å²) in [6.07, 6.45) is 0. The molecule has 0 aliphatic carbocycles. The summed E-state index contributed by atoms with van der Waals surface area (Å²) >= 11 is 0. The summed E-state index contributed by atoms with van der Waals surface area (Å²) in [5.41, 5.74) is 3.37. The summed E-state index contributed by atoms with van der Waals surface area (Å²) in [4.78, 5) is 30.2. The number of hydrogen-bond donors (Lipinski definition) is 0. The van der Waals surface area contributed by atoms with E-state index < -0.39 is 0 Å². The van der Waals surface area contributed by atoms with Gasteiger partial charge in [0, 0.05) is 13.6 Å². The lowest BCUT2D eigenvalue weighted by atomic mass is 10.0. The standard InChI is InChI=1S/C27H26N2O4/c1-28(17-19-7-5-4-6-8-19)25-24(21-11-15-23(33-3)16-12-21)26(30)29(27(25)31)18-20-9-13-22(32-2)14-10-20/h4-16H,17-18H2,1-3H3. The Bertz CT molecular complexity index is 1170. The molecule has 2 amide bonds. The van der Waals surface area contributed by atoms with Crippen molar-refractivity contribution in [2.45, 2.75) is 13.1 Å². The van der Waals surface area contributed by atoms with Crippen LogP contribution in [0.4, 0.5) is 0 Å². The Balaban J connectivity index is 1.69. The van der Waals surface area contributed by atoms with Crippen LogP contribution in [0.2, 0.25) is 0 Å². The lowest BCUT2D eigenvalue weighted by Gasteiger charge is -2.21. The van der Waals surface area contributed by atoms with Gasteiger partial charge in [-0.3, -0.25) is 14.5 Å². The van der Waals surface area contributed by atoms with Crippen LogP contribution < -0.4 is 9.47 Å². The number of imide groups is 1. The minimum atomic E-state index is -0.309. The highest BCUT2D eigenvalue weighted by atomic mass is 16.5. The van der Waals surface area contributed by atoms with Crippen LogP contribution in [0.25, 0.3) is 5.57 Å². The van der Waals surface area contributed by atoms with Crippen molar-refractivity contribution in [1.82, 2.24) is 9.80 Å². The molecule has 0 bridgehead atoms. The van der Waals surface area contributed by atoms with Gasteiger partial charge < -0.3 is 14.4 Å². The normalized spacial score (nSPS) is 13.5. The average molecular weight is 443 g/mol. The molecule has 1 heterocycles. The van der Waals surface area contributed by atoms with Crippen LogP contribution in [-0.4, -0.2) is 42.9 Å². The Morgan fingerprint density at radius 2 is 1.30 bits per heavy atom. The second kappa shape index (κ2) is 9.61. The van der Waals surface area contributed by atoms with E-state index >= 15 is 0 Å². The van der Waals surface area contributed by atoms with E-state index in [9.17, 15) is 9.59 Å². The van der Waals surface area contributed by atoms with Gasteiger partial charge in [0.25, 0.3) is 11.8 Å². The molecule has 0 N–H and O–H groups in total. The zero-order valence-electron chi connectivity index (χ0n) is 18.9. The Kier molecular flexibility index (Phi) is 6.45. The SMILES string of the molecule is COc1ccc(CN2C(=O)C(c3ccc(OC)cc3)=C(N(C)Cc3ccccc3)C2=O)cc1. The number of amides is 2. The van der Waals surface area contributed by atoms with Crippen LogP contribution >= 0.6 is 0 Å². The van der Waals surface area contributed by atoms with Crippen molar-refractivity contribution in [1.29, 1.82) is 0 Å². The molecule has 0 radical (unpaired) electrons. The van der Waals surface area contributed by atoms with E-state index in [0.29, 0.717) is 29.1 Å². The number of rotatable bonds is 8. The quantitative estimate of drug-likeness (QED) is 0.492. The summed E-state index contributed by atoms with van der Waals surface area (Å²) in [6.45, 7) is 0.690. The van der Waals surface area contributed by atoms with Gasteiger partial charge in [-0.1, -0.05) is 54.6 Å². The molecule has 0 atom stereocenters. The third-order valence-electron chi connectivity index (χ3n) is 5.67. The van der Waals surface area contributed by atoms with Crippen molar-refractivity contribution < 1.29 is 19.1 Å². The van der Waals surface area contributed by atoms with Crippen LogP contribution in [0.5, 0.6) is 11.5 Å².